The number of anilines is 1. The molecule has 0 radical (unpaired) electrons. The van der Waals surface area contributed by atoms with Crippen LogP contribution in [0.5, 0.6) is 0 Å². The monoisotopic (exact) mass is 384 g/mol. The average Bonchev–Trinajstić information content (AvgIpc) is 3.41. The van der Waals surface area contributed by atoms with Gasteiger partial charge in [-0.1, -0.05) is 12.1 Å². The molecule has 0 amide bonds. The van der Waals surface area contributed by atoms with E-state index in [4.69, 9.17) is 0 Å². The minimum Gasteiger partial charge on any atom is -0.370 e. The van der Waals surface area contributed by atoms with Gasteiger partial charge in [-0.3, -0.25) is 5.10 Å². The van der Waals surface area contributed by atoms with Gasteiger partial charge in [0, 0.05) is 48.8 Å². The largest absolute Gasteiger partial charge is 0.370 e. The fraction of sp³-hybridized carbons (Fsp3) is 0.286. The fourth-order valence-corrected chi connectivity index (χ4v) is 4.21. The number of aromatic amines is 1. The second-order valence-electron chi connectivity index (χ2n) is 7.41. The van der Waals surface area contributed by atoms with Crippen molar-refractivity contribution in [1.29, 1.82) is 5.26 Å². The van der Waals surface area contributed by atoms with Gasteiger partial charge < -0.3 is 9.47 Å². The molecule has 0 aliphatic carbocycles. The predicted molar refractivity (Wildman–Crippen MR) is 109 cm³/mol. The summed E-state index contributed by atoms with van der Waals surface area (Å²) in [7, 11) is 1.99. The van der Waals surface area contributed by atoms with Crippen molar-refractivity contribution in [2.45, 2.75) is 18.8 Å². The summed E-state index contributed by atoms with van der Waals surface area (Å²) in [6.45, 7) is 1.73. The van der Waals surface area contributed by atoms with E-state index in [1.165, 1.54) is 0 Å². The van der Waals surface area contributed by atoms with Crippen LogP contribution in [0.25, 0.3) is 22.2 Å². The summed E-state index contributed by atoms with van der Waals surface area (Å²) in [5.74, 6) is 1.42. The van der Waals surface area contributed by atoms with Gasteiger partial charge in [-0.15, -0.1) is 10.2 Å². The maximum atomic E-state index is 9.77. The molecule has 3 aromatic heterocycles. The summed E-state index contributed by atoms with van der Waals surface area (Å²) in [6.07, 6.45) is 7.32. The number of aryl methyl sites for hydroxylation is 1. The number of H-pyrrole nitrogens is 1. The van der Waals surface area contributed by atoms with E-state index in [9.17, 15) is 5.26 Å². The van der Waals surface area contributed by atoms with Gasteiger partial charge in [-0.25, -0.2) is 4.98 Å². The lowest BCUT2D eigenvalue weighted by Crippen LogP contribution is -2.34. The highest BCUT2D eigenvalue weighted by molar-refractivity contribution is 5.87. The number of nitriles is 1. The first kappa shape index (κ1) is 17.4. The fourth-order valence-electron chi connectivity index (χ4n) is 4.21. The first-order valence-electron chi connectivity index (χ1n) is 9.66. The number of aromatic nitrogens is 6. The summed E-state index contributed by atoms with van der Waals surface area (Å²) < 4.78 is 2.00. The molecule has 1 fully saturated rings. The molecule has 1 saturated heterocycles. The summed E-state index contributed by atoms with van der Waals surface area (Å²) in [6, 6.07) is 10.3. The number of fused-ring (bicyclic) bond motifs is 1. The number of pyridine rings is 1. The van der Waals surface area contributed by atoms with Crippen LogP contribution in [-0.4, -0.2) is 43.0 Å². The van der Waals surface area contributed by atoms with Crippen LogP contribution in [0.1, 0.15) is 30.1 Å². The van der Waals surface area contributed by atoms with Crippen molar-refractivity contribution in [3.8, 4) is 17.2 Å². The van der Waals surface area contributed by atoms with Crippen molar-refractivity contribution in [1.82, 2.24) is 29.9 Å². The second-order valence-corrected chi connectivity index (χ2v) is 7.41. The van der Waals surface area contributed by atoms with Gasteiger partial charge in [0.05, 0.1) is 17.4 Å². The Bertz CT molecular complexity index is 1210. The Kier molecular flexibility index (Phi) is 4.21. The summed E-state index contributed by atoms with van der Waals surface area (Å²) in [4.78, 5) is 6.80. The highest BCUT2D eigenvalue weighted by atomic mass is 15.3. The lowest BCUT2D eigenvalue weighted by atomic mass is 9.93. The molecule has 0 saturated carbocycles. The molecule has 1 aliphatic heterocycles. The number of nitrogens with zero attached hydrogens (tertiary/aromatic N) is 7. The molecule has 4 aromatic rings. The third kappa shape index (κ3) is 3.01. The molecule has 4 heterocycles. The zero-order chi connectivity index (χ0) is 19.8. The van der Waals surface area contributed by atoms with Crippen LogP contribution in [0.3, 0.4) is 0 Å². The molecule has 29 heavy (non-hydrogen) atoms. The lowest BCUT2D eigenvalue weighted by molar-refractivity contribution is 0.474. The number of nitrogens with one attached hydrogen (secondary N) is 1. The van der Waals surface area contributed by atoms with E-state index >= 15 is 0 Å². The molecule has 8 nitrogen and oxygen atoms in total. The van der Waals surface area contributed by atoms with Crippen LogP contribution in [0.2, 0.25) is 0 Å². The molecule has 1 N–H and O–H groups in total. The molecule has 1 aliphatic rings. The van der Waals surface area contributed by atoms with Crippen LogP contribution < -0.4 is 4.90 Å². The Hall–Kier alpha value is -3.73. The van der Waals surface area contributed by atoms with Crippen molar-refractivity contribution in [2.75, 3.05) is 18.0 Å². The van der Waals surface area contributed by atoms with E-state index in [2.05, 4.69) is 48.5 Å². The van der Waals surface area contributed by atoms with Crippen LogP contribution in [0.15, 0.2) is 43.0 Å². The minimum absolute atomic E-state index is 0.389. The van der Waals surface area contributed by atoms with Crippen molar-refractivity contribution in [2.24, 2.45) is 7.05 Å². The number of rotatable bonds is 3. The van der Waals surface area contributed by atoms with Crippen LogP contribution in [0, 0.1) is 11.3 Å². The number of hydrogen-bond donors (Lipinski definition) is 1. The van der Waals surface area contributed by atoms with Gasteiger partial charge in [0.1, 0.15) is 18.2 Å². The summed E-state index contributed by atoms with van der Waals surface area (Å²) in [5, 5.41) is 26.0. The van der Waals surface area contributed by atoms with Gasteiger partial charge in [0.2, 0.25) is 0 Å². The summed E-state index contributed by atoms with van der Waals surface area (Å²) >= 11 is 0. The number of hydrogen-bond acceptors (Lipinski definition) is 6. The zero-order valence-electron chi connectivity index (χ0n) is 16.1. The highest BCUT2D eigenvalue weighted by Gasteiger charge is 2.26. The maximum Gasteiger partial charge on any atom is 0.155 e. The van der Waals surface area contributed by atoms with Crippen LogP contribution >= 0.6 is 0 Å². The Morgan fingerprint density at radius 2 is 2.07 bits per heavy atom. The smallest absolute Gasteiger partial charge is 0.155 e. The minimum atomic E-state index is 0.389. The van der Waals surface area contributed by atoms with Crippen molar-refractivity contribution >= 4 is 16.7 Å². The van der Waals surface area contributed by atoms with Gasteiger partial charge >= 0.3 is 0 Å². The van der Waals surface area contributed by atoms with Gasteiger partial charge in [-0.05, 0) is 25.0 Å². The number of benzene rings is 1. The second kappa shape index (κ2) is 7.02. The van der Waals surface area contributed by atoms with E-state index in [1.54, 1.807) is 12.5 Å². The molecule has 0 bridgehead atoms. The SMILES string of the molecule is Cn1cnnc1C1CCN(c2c(C#N)cccc2-c2cnc3[nH]ncc3c2)CC1. The van der Waals surface area contributed by atoms with E-state index < -0.39 is 0 Å². The molecule has 5 rings (SSSR count). The zero-order valence-corrected chi connectivity index (χ0v) is 16.1. The van der Waals surface area contributed by atoms with Gasteiger partial charge in [-0.2, -0.15) is 10.4 Å². The normalized spacial score (nSPS) is 15.0. The Morgan fingerprint density at radius 3 is 2.83 bits per heavy atom. The van der Waals surface area contributed by atoms with E-state index in [0.29, 0.717) is 11.5 Å². The first-order chi connectivity index (χ1) is 14.2. The molecule has 0 atom stereocenters. The van der Waals surface area contributed by atoms with Crippen molar-refractivity contribution < 1.29 is 0 Å². The molecular weight excluding hydrogens is 364 g/mol. The Balaban J connectivity index is 1.50. The molecule has 1 aromatic carbocycles. The van der Waals surface area contributed by atoms with Crippen molar-refractivity contribution in [3.05, 3.63) is 54.4 Å². The first-order valence-corrected chi connectivity index (χ1v) is 9.66. The van der Waals surface area contributed by atoms with Gasteiger partial charge in [0.15, 0.2) is 5.65 Å². The third-order valence-electron chi connectivity index (χ3n) is 5.68. The van der Waals surface area contributed by atoms with E-state index in [0.717, 1.165) is 59.6 Å². The number of piperidine rings is 1. The molecule has 0 unspecified atom stereocenters. The molecule has 8 heteroatoms. The quantitative estimate of drug-likeness (QED) is 0.583. The molecular formula is C21H20N8. The number of para-hydroxylation sites is 1. The highest BCUT2D eigenvalue weighted by Crippen LogP contribution is 2.38. The van der Waals surface area contributed by atoms with E-state index in [1.807, 2.05) is 29.9 Å². The third-order valence-corrected chi connectivity index (χ3v) is 5.68. The van der Waals surface area contributed by atoms with E-state index in [-0.39, 0.29) is 0 Å². The molecule has 0 spiro atoms. The molecule has 144 valence electrons. The predicted octanol–water partition coefficient (Wildman–Crippen LogP) is 3.01. The maximum absolute atomic E-state index is 9.77. The van der Waals surface area contributed by atoms with Crippen LogP contribution in [-0.2, 0) is 7.05 Å². The van der Waals surface area contributed by atoms with Crippen LogP contribution in [0.4, 0.5) is 5.69 Å². The summed E-state index contributed by atoms with van der Waals surface area (Å²) in [5.41, 5.74) is 4.44. The standard InChI is InChI=1S/C21H20N8/c1-28-13-25-27-21(28)14-5-7-29(8-6-14)19-15(10-22)3-2-4-18(19)16-9-17-12-24-26-20(17)23-11-16/h2-4,9,11-14H,5-8H2,1H3,(H,23,24,26). The Labute approximate surface area is 167 Å². The van der Waals surface area contributed by atoms with Crippen molar-refractivity contribution in [3.63, 3.8) is 0 Å². The average molecular weight is 384 g/mol. The topological polar surface area (TPSA) is 99.3 Å². The van der Waals surface area contributed by atoms with Gasteiger partial charge in [0.25, 0.3) is 0 Å². The lowest BCUT2D eigenvalue weighted by Gasteiger charge is -2.35. The Morgan fingerprint density at radius 1 is 1.21 bits per heavy atom.